The number of benzene rings is 2. The molecule has 8 heteroatoms. The highest BCUT2D eigenvalue weighted by atomic mass is 35.5. The standard InChI is InChI=1S/C26H28ClNO6/c1-15(2)14-33-20-8-6-16(12-21(20)32-4)23-22-24(29)18-13-17(27)7-9-19(18)34-25(22)26(30)28(23)10-5-11-31-3/h6-9,12-13,15,23H,5,10-11,14H2,1-4H3. The Balaban J connectivity index is 1.85. The molecule has 2 heterocycles. The summed E-state index contributed by atoms with van der Waals surface area (Å²) < 4.78 is 22.6. The van der Waals surface area contributed by atoms with E-state index in [-0.39, 0.29) is 17.1 Å². The lowest BCUT2D eigenvalue weighted by Crippen LogP contribution is -2.31. The van der Waals surface area contributed by atoms with E-state index in [0.29, 0.717) is 65.2 Å². The number of fused-ring (bicyclic) bond motifs is 2. The average Bonchev–Trinajstić information content (AvgIpc) is 3.10. The maximum absolute atomic E-state index is 13.6. The Morgan fingerprint density at radius 1 is 1.09 bits per heavy atom. The van der Waals surface area contributed by atoms with Gasteiger partial charge in [-0.3, -0.25) is 9.59 Å². The van der Waals surface area contributed by atoms with Crippen LogP contribution in [0.5, 0.6) is 11.5 Å². The van der Waals surface area contributed by atoms with Crippen molar-refractivity contribution in [2.75, 3.05) is 34.0 Å². The van der Waals surface area contributed by atoms with Gasteiger partial charge in [-0.1, -0.05) is 31.5 Å². The predicted molar refractivity (Wildman–Crippen MR) is 130 cm³/mol. The topological polar surface area (TPSA) is 78.2 Å². The molecule has 0 saturated heterocycles. The number of rotatable bonds is 9. The Morgan fingerprint density at radius 2 is 1.88 bits per heavy atom. The molecule has 4 rings (SSSR count). The monoisotopic (exact) mass is 485 g/mol. The molecule has 3 aromatic rings. The maximum Gasteiger partial charge on any atom is 0.290 e. The van der Waals surface area contributed by atoms with Crippen molar-refractivity contribution in [3.8, 4) is 11.5 Å². The second-order valence-electron chi connectivity index (χ2n) is 8.68. The molecule has 34 heavy (non-hydrogen) atoms. The molecule has 2 aromatic carbocycles. The third-order valence-electron chi connectivity index (χ3n) is 5.75. The molecule has 0 spiro atoms. The molecular weight excluding hydrogens is 458 g/mol. The molecular formula is C26H28ClNO6. The molecule has 1 amide bonds. The van der Waals surface area contributed by atoms with Crippen molar-refractivity contribution in [2.24, 2.45) is 5.92 Å². The number of halogens is 1. The normalized spacial score (nSPS) is 15.3. The summed E-state index contributed by atoms with van der Waals surface area (Å²) in [6, 6.07) is 9.66. The summed E-state index contributed by atoms with van der Waals surface area (Å²) in [5, 5.41) is 0.762. The van der Waals surface area contributed by atoms with E-state index in [2.05, 4.69) is 13.8 Å². The van der Waals surface area contributed by atoms with Crippen LogP contribution in [0.15, 0.2) is 45.6 Å². The van der Waals surface area contributed by atoms with Crippen LogP contribution in [0.2, 0.25) is 5.02 Å². The molecule has 1 atom stereocenters. The number of methoxy groups -OCH3 is 2. The first-order valence-electron chi connectivity index (χ1n) is 11.2. The zero-order valence-corrected chi connectivity index (χ0v) is 20.5. The van der Waals surface area contributed by atoms with Gasteiger partial charge in [-0.2, -0.15) is 0 Å². The quantitative estimate of drug-likeness (QED) is 0.394. The van der Waals surface area contributed by atoms with Gasteiger partial charge in [-0.05, 0) is 48.2 Å². The summed E-state index contributed by atoms with van der Waals surface area (Å²) in [6.07, 6.45) is 0.610. The highest BCUT2D eigenvalue weighted by Crippen LogP contribution is 2.41. The van der Waals surface area contributed by atoms with Crippen LogP contribution in [0.3, 0.4) is 0 Å². The molecule has 0 bridgehead atoms. The fraction of sp³-hybridized carbons (Fsp3) is 0.385. The molecule has 1 aliphatic heterocycles. The minimum Gasteiger partial charge on any atom is -0.493 e. The Kier molecular flexibility index (Phi) is 7.14. The molecule has 7 nitrogen and oxygen atoms in total. The lowest BCUT2D eigenvalue weighted by Gasteiger charge is -2.25. The maximum atomic E-state index is 13.6. The second kappa shape index (κ2) is 10.1. The van der Waals surface area contributed by atoms with Gasteiger partial charge in [0.05, 0.1) is 30.7 Å². The van der Waals surface area contributed by atoms with E-state index in [1.54, 1.807) is 37.3 Å². The number of amides is 1. The Hall–Kier alpha value is -3.03. The van der Waals surface area contributed by atoms with E-state index in [4.69, 9.17) is 30.2 Å². The zero-order chi connectivity index (χ0) is 24.4. The first kappa shape index (κ1) is 24.1. The number of hydrogen-bond acceptors (Lipinski definition) is 6. The van der Waals surface area contributed by atoms with Crippen LogP contribution in [0.25, 0.3) is 11.0 Å². The van der Waals surface area contributed by atoms with Crippen LogP contribution < -0.4 is 14.9 Å². The Morgan fingerprint density at radius 3 is 2.59 bits per heavy atom. The molecule has 0 aliphatic carbocycles. The predicted octanol–water partition coefficient (Wildman–Crippen LogP) is 5.07. The molecule has 1 unspecified atom stereocenters. The molecule has 1 aliphatic rings. The smallest absolute Gasteiger partial charge is 0.290 e. The number of hydrogen-bond donors (Lipinski definition) is 0. The summed E-state index contributed by atoms with van der Waals surface area (Å²) in [7, 11) is 3.18. The average molecular weight is 486 g/mol. The SMILES string of the molecule is COCCCN1C(=O)c2oc3ccc(Cl)cc3c(=O)c2C1c1ccc(OCC(C)C)c(OC)c1. The van der Waals surface area contributed by atoms with Gasteiger partial charge < -0.3 is 23.5 Å². The van der Waals surface area contributed by atoms with Crippen LogP contribution in [0, 0.1) is 5.92 Å². The fourth-order valence-electron chi connectivity index (χ4n) is 4.18. The zero-order valence-electron chi connectivity index (χ0n) is 19.7. The first-order valence-corrected chi connectivity index (χ1v) is 11.6. The largest absolute Gasteiger partial charge is 0.493 e. The van der Waals surface area contributed by atoms with Crippen molar-refractivity contribution in [3.05, 3.63) is 68.5 Å². The van der Waals surface area contributed by atoms with Gasteiger partial charge in [0.1, 0.15) is 5.58 Å². The van der Waals surface area contributed by atoms with Crippen molar-refractivity contribution in [2.45, 2.75) is 26.3 Å². The highest BCUT2D eigenvalue weighted by Gasteiger charge is 2.42. The second-order valence-corrected chi connectivity index (χ2v) is 9.11. The third kappa shape index (κ3) is 4.50. The van der Waals surface area contributed by atoms with Crippen molar-refractivity contribution in [1.29, 1.82) is 0 Å². The van der Waals surface area contributed by atoms with Gasteiger partial charge >= 0.3 is 0 Å². The van der Waals surface area contributed by atoms with E-state index in [0.717, 1.165) is 5.56 Å². The van der Waals surface area contributed by atoms with Gasteiger partial charge in [-0.15, -0.1) is 0 Å². The molecule has 0 saturated carbocycles. The summed E-state index contributed by atoms with van der Waals surface area (Å²) >= 11 is 6.14. The number of ether oxygens (including phenoxy) is 3. The first-order chi connectivity index (χ1) is 16.3. The minimum absolute atomic E-state index is 0.0568. The lowest BCUT2D eigenvalue weighted by atomic mass is 9.98. The Bertz CT molecular complexity index is 1270. The number of nitrogens with zero attached hydrogens (tertiary/aromatic N) is 1. The van der Waals surface area contributed by atoms with Crippen LogP contribution in [-0.2, 0) is 4.74 Å². The van der Waals surface area contributed by atoms with Crippen LogP contribution in [-0.4, -0.2) is 44.8 Å². The summed E-state index contributed by atoms with van der Waals surface area (Å²) in [4.78, 5) is 28.7. The molecule has 0 radical (unpaired) electrons. The fourth-order valence-corrected chi connectivity index (χ4v) is 4.35. The number of carbonyl (C=O) groups is 1. The van der Waals surface area contributed by atoms with Crippen LogP contribution >= 0.6 is 11.6 Å². The van der Waals surface area contributed by atoms with E-state index in [1.165, 1.54) is 0 Å². The van der Waals surface area contributed by atoms with E-state index in [1.807, 2.05) is 18.2 Å². The van der Waals surface area contributed by atoms with Gasteiger partial charge in [0, 0.05) is 25.3 Å². The minimum atomic E-state index is -0.632. The molecule has 0 N–H and O–H groups in total. The van der Waals surface area contributed by atoms with E-state index < -0.39 is 6.04 Å². The Labute approximate surface area is 203 Å². The van der Waals surface area contributed by atoms with Crippen LogP contribution in [0.4, 0.5) is 0 Å². The molecule has 0 fully saturated rings. The third-order valence-corrected chi connectivity index (χ3v) is 5.99. The number of carbonyl (C=O) groups excluding carboxylic acids is 1. The highest BCUT2D eigenvalue weighted by molar-refractivity contribution is 6.31. The van der Waals surface area contributed by atoms with Crippen LogP contribution in [0.1, 0.15) is 48.0 Å². The lowest BCUT2D eigenvalue weighted by molar-refractivity contribution is 0.0707. The van der Waals surface area contributed by atoms with E-state index >= 15 is 0 Å². The van der Waals surface area contributed by atoms with Gasteiger partial charge in [-0.25, -0.2) is 0 Å². The van der Waals surface area contributed by atoms with Gasteiger partial charge in [0.25, 0.3) is 5.91 Å². The summed E-state index contributed by atoms with van der Waals surface area (Å²) in [5.41, 5.74) is 1.08. The summed E-state index contributed by atoms with van der Waals surface area (Å²) in [5.74, 6) is 1.21. The summed E-state index contributed by atoms with van der Waals surface area (Å²) in [6.45, 7) is 5.55. The van der Waals surface area contributed by atoms with Crippen molar-refractivity contribution in [1.82, 2.24) is 4.90 Å². The molecule has 1 aromatic heterocycles. The van der Waals surface area contributed by atoms with Crippen molar-refractivity contribution >= 4 is 28.5 Å². The van der Waals surface area contributed by atoms with E-state index in [9.17, 15) is 9.59 Å². The molecule has 180 valence electrons. The van der Waals surface area contributed by atoms with Gasteiger partial charge in [0.2, 0.25) is 5.76 Å². The van der Waals surface area contributed by atoms with Crippen molar-refractivity contribution < 1.29 is 23.4 Å². The van der Waals surface area contributed by atoms with Gasteiger partial charge in [0.15, 0.2) is 16.9 Å². The van der Waals surface area contributed by atoms with Crippen molar-refractivity contribution in [3.63, 3.8) is 0 Å².